The fourth-order valence-corrected chi connectivity index (χ4v) is 2.12. The minimum absolute atomic E-state index is 0.755. The van der Waals surface area contributed by atoms with Gasteiger partial charge in [-0.3, -0.25) is 0 Å². The topological polar surface area (TPSA) is 38.5 Å². The van der Waals surface area contributed by atoms with E-state index in [1.807, 2.05) is 31.3 Å². The molecule has 2 rings (SSSR count). The Morgan fingerprint density at radius 1 is 1.00 bits per heavy atom. The standard InChI is InChI=1S/C16H20N2O/c1-11-9-15(16(19-4)10-12(11)2)18(3)14-8-6-5-7-13(14)17/h5-10H,17H2,1-4H3. The van der Waals surface area contributed by atoms with Gasteiger partial charge in [0.25, 0.3) is 0 Å². The zero-order valence-electron chi connectivity index (χ0n) is 11.9. The summed E-state index contributed by atoms with van der Waals surface area (Å²) in [6, 6.07) is 12.0. The summed E-state index contributed by atoms with van der Waals surface area (Å²) in [6.07, 6.45) is 0. The Hall–Kier alpha value is -2.16. The molecule has 0 aromatic heterocycles. The molecule has 0 amide bonds. The number of hydrogen-bond donors (Lipinski definition) is 1. The zero-order chi connectivity index (χ0) is 14.0. The van der Waals surface area contributed by atoms with Gasteiger partial charge in [0, 0.05) is 7.05 Å². The van der Waals surface area contributed by atoms with Gasteiger partial charge in [0.2, 0.25) is 0 Å². The Bertz CT molecular complexity index is 593. The molecule has 0 atom stereocenters. The fraction of sp³-hybridized carbons (Fsp3) is 0.250. The van der Waals surface area contributed by atoms with Crippen LogP contribution in [-0.4, -0.2) is 14.2 Å². The van der Waals surface area contributed by atoms with E-state index in [0.717, 1.165) is 22.8 Å². The van der Waals surface area contributed by atoms with Crippen molar-refractivity contribution in [1.82, 2.24) is 0 Å². The Balaban J connectivity index is 2.52. The largest absolute Gasteiger partial charge is 0.495 e. The van der Waals surface area contributed by atoms with Gasteiger partial charge in [-0.15, -0.1) is 0 Å². The second kappa shape index (κ2) is 5.22. The summed E-state index contributed by atoms with van der Waals surface area (Å²) in [5.41, 5.74) is 11.2. The summed E-state index contributed by atoms with van der Waals surface area (Å²) >= 11 is 0. The molecule has 2 aromatic rings. The molecule has 0 unspecified atom stereocenters. The van der Waals surface area contributed by atoms with E-state index in [1.54, 1.807) is 7.11 Å². The first-order chi connectivity index (χ1) is 9.04. The van der Waals surface area contributed by atoms with Crippen molar-refractivity contribution in [2.75, 3.05) is 24.8 Å². The summed E-state index contributed by atoms with van der Waals surface area (Å²) in [7, 11) is 3.69. The molecule has 0 spiro atoms. The first kappa shape index (κ1) is 13.3. The average molecular weight is 256 g/mol. The molecule has 0 radical (unpaired) electrons. The van der Waals surface area contributed by atoms with E-state index in [2.05, 4.69) is 30.9 Å². The lowest BCUT2D eigenvalue weighted by molar-refractivity contribution is 0.415. The van der Waals surface area contributed by atoms with Crippen LogP contribution in [0.5, 0.6) is 5.75 Å². The van der Waals surface area contributed by atoms with E-state index >= 15 is 0 Å². The Morgan fingerprint density at radius 3 is 2.26 bits per heavy atom. The normalized spacial score (nSPS) is 10.3. The van der Waals surface area contributed by atoms with E-state index in [-0.39, 0.29) is 0 Å². The summed E-state index contributed by atoms with van der Waals surface area (Å²) in [5.74, 6) is 0.855. The maximum absolute atomic E-state index is 6.04. The van der Waals surface area contributed by atoms with Crippen molar-refractivity contribution in [1.29, 1.82) is 0 Å². The minimum atomic E-state index is 0.755. The number of benzene rings is 2. The van der Waals surface area contributed by atoms with Crippen molar-refractivity contribution in [3.05, 3.63) is 47.5 Å². The summed E-state index contributed by atoms with van der Waals surface area (Å²) in [4.78, 5) is 2.06. The van der Waals surface area contributed by atoms with Gasteiger partial charge in [-0.25, -0.2) is 0 Å². The van der Waals surface area contributed by atoms with Gasteiger partial charge < -0.3 is 15.4 Å². The summed E-state index contributed by atoms with van der Waals surface area (Å²) in [5, 5.41) is 0. The lowest BCUT2D eigenvalue weighted by Crippen LogP contribution is -2.13. The molecule has 0 heterocycles. The van der Waals surface area contributed by atoms with Crippen LogP contribution in [0.4, 0.5) is 17.1 Å². The number of para-hydroxylation sites is 2. The van der Waals surface area contributed by atoms with Gasteiger partial charge in [0.05, 0.1) is 24.2 Å². The number of ether oxygens (including phenoxy) is 1. The number of nitrogens with zero attached hydrogens (tertiary/aromatic N) is 1. The van der Waals surface area contributed by atoms with Crippen LogP contribution in [0.2, 0.25) is 0 Å². The predicted octanol–water partition coefficient (Wildman–Crippen LogP) is 3.66. The molecule has 3 heteroatoms. The van der Waals surface area contributed by atoms with Crippen molar-refractivity contribution in [3.63, 3.8) is 0 Å². The molecular weight excluding hydrogens is 236 g/mol. The Morgan fingerprint density at radius 2 is 1.63 bits per heavy atom. The molecule has 2 N–H and O–H groups in total. The monoisotopic (exact) mass is 256 g/mol. The fourth-order valence-electron chi connectivity index (χ4n) is 2.12. The van der Waals surface area contributed by atoms with E-state index in [4.69, 9.17) is 10.5 Å². The first-order valence-electron chi connectivity index (χ1n) is 6.28. The quantitative estimate of drug-likeness (QED) is 0.852. The van der Waals surface area contributed by atoms with E-state index < -0.39 is 0 Å². The van der Waals surface area contributed by atoms with Crippen LogP contribution >= 0.6 is 0 Å². The third kappa shape index (κ3) is 2.50. The molecule has 100 valence electrons. The van der Waals surface area contributed by atoms with Crippen LogP contribution in [0.1, 0.15) is 11.1 Å². The molecule has 0 bridgehead atoms. The van der Waals surface area contributed by atoms with E-state index in [9.17, 15) is 0 Å². The van der Waals surface area contributed by atoms with Crippen LogP contribution in [0, 0.1) is 13.8 Å². The molecule has 0 saturated carbocycles. The lowest BCUT2D eigenvalue weighted by Gasteiger charge is -2.24. The number of anilines is 3. The van der Waals surface area contributed by atoms with Crippen LogP contribution in [-0.2, 0) is 0 Å². The van der Waals surface area contributed by atoms with Crippen LogP contribution < -0.4 is 15.4 Å². The van der Waals surface area contributed by atoms with Gasteiger partial charge in [-0.2, -0.15) is 0 Å². The predicted molar refractivity (Wildman–Crippen MR) is 81.4 cm³/mol. The van der Waals surface area contributed by atoms with Crippen molar-refractivity contribution in [2.45, 2.75) is 13.8 Å². The Kier molecular flexibility index (Phi) is 3.65. The lowest BCUT2D eigenvalue weighted by atomic mass is 10.1. The molecule has 0 aliphatic rings. The SMILES string of the molecule is COc1cc(C)c(C)cc1N(C)c1ccccc1N. The van der Waals surface area contributed by atoms with Crippen molar-refractivity contribution in [2.24, 2.45) is 0 Å². The van der Waals surface area contributed by atoms with Crippen LogP contribution in [0.25, 0.3) is 0 Å². The highest BCUT2D eigenvalue weighted by atomic mass is 16.5. The molecule has 0 aliphatic carbocycles. The molecule has 0 aliphatic heterocycles. The average Bonchev–Trinajstić information content (AvgIpc) is 2.41. The third-order valence-electron chi connectivity index (χ3n) is 3.45. The van der Waals surface area contributed by atoms with Crippen molar-refractivity contribution >= 4 is 17.1 Å². The highest BCUT2D eigenvalue weighted by molar-refractivity contribution is 5.77. The van der Waals surface area contributed by atoms with Gasteiger partial charge >= 0.3 is 0 Å². The van der Waals surface area contributed by atoms with E-state index in [0.29, 0.717) is 0 Å². The van der Waals surface area contributed by atoms with Crippen LogP contribution in [0.15, 0.2) is 36.4 Å². The first-order valence-corrected chi connectivity index (χ1v) is 6.28. The smallest absolute Gasteiger partial charge is 0.142 e. The maximum Gasteiger partial charge on any atom is 0.142 e. The molecule has 0 fully saturated rings. The van der Waals surface area contributed by atoms with E-state index in [1.165, 1.54) is 11.1 Å². The number of rotatable bonds is 3. The molecule has 3 nitrogen and oxygen atoms in total. The van der Waals surface area contributed by atoms with Gasteiger partial charge in [-0.05, 0) is 49.2 Å². The molecule has 0 saturated heterocycles. The minimum Gasteiger partial charge on any atom is -0.495 e. The van der Waals surface area contributed by atoms with Crippen molar-refractivity contribution < 1.29 is 4.74 Å². The molecule has 2 aromatic carbocycles. The number of nitrogen functional groups attached to an aromatic ring is 1. The van der Waals surface area contributed by atoms with Gasteiger partial charge in [0.15, 0.2) is 0 Å². The van der Waals surface area contributed by atoms with Crippen LogP contribution in [0.3, 0.4) is 0 Å². The van der Waals surface area contributed by atoms with Gasteiger partial charge in [0.1, 0.15) is 5.75 Å². The molecular formula is C16H20N2O. The number of hydrogen-bond acceptors (Lipinski definition) is 3. The zero-order valence-corrected chi connectivity index (χ0v) is 11.9. The maximum atomic E-state index is 6.04. The Labute approximate surface area is 114 Å². The number of nitrogens with two attached hydrogens (primary N) is 1. The summed E-state index contributed by atoms with van der Waals surface area (Å²) < 4.78 is 5.48. The number of aryl methyl sites for hydroxylation is 2. The van der Waals surface area contributed by atoms with Gasteiger partial charge in [-0.1, -0.05) is 12.1 Å². The highest BCUT2D eigenvalue weighted by Crippen LogP contribution is 2.36. The molecule has 19 heavy (non-hydrogen) atoms. The number of methoxy groups -OCH3 is 1. The summed E-state index contributed by atoms with van der Waals surface area (Å²) in [6.45, 7) is 4.18. The highest BCUT2D eigenvalue weighted by Gasteiger charge is 2.13. The van der Waals surface area contributed by atoms with Crippen molar-refractivity contribution in [3.8, 4) is 5.75 Å². The second-order valence-corrected chi connectivity index (χ2v) is 4.73. The third-order valence-corrected chi connectivity index (χ3v) is 3.45. The second-order valence-electron chi connectivity index (χ2n) is 4.73.